The topological polar surface area (TPSA) is 21.7 Å². The minimum absolute atomic E-state index is 0.107. The molecule has 14 heavy (non-hydrogen) atoms. The van der Waals surface area contributed by atoms with Crippen LogP contribution in [0, 0.1) is 0 Å². The van der Waals surface area contributed by atoms with Crippen LogP contribution in [0.25, 0.3) is 0 Å². The fourth-order valence-electron chi connectivity index (χ4n) is 1.04. The Morgan fingerprint density at radius 3 is 2.21 bits per heavy atom. The number of ether oxygens (including phenoxy) is 2. The lowest BCUT2D eigenvalue weighted by atomic mass is 10.5. The number of hydrogen-bond acceptors (Lipinski definition) is 4. The fraction of sp³-hybridized carbons (Fsp3) is 1.00. The molecule has 0 saturated heterocycles. The second-order valence-corrected chi connectivity index (χ2v) is 5.27. The molecular weight excluding hydrogens is 198 g/mol. The fourth-order valence-corrected chi connectivity index (χ4v) is 1.92. The van der Waals surface area contributed by atoms with E-state index in [9.17, 15) is 0 Å². The number of rotatable bonds is 8. The Kier molecular flexibility index (Phi) is 8.67. The average molecular weight is 221 g/mol. The highest BCUT2D eigenvalue weighted by molar-refractivity contribution is 7.99. The van der Waals surface area contributed by atoms with Crippen molar-refractivity contribution < 1.29 is 9.47 Å². The number of hydrogen-bond donors (Lipinski definition) is 0. The highest BCUT2D eigenvalue weighted by Crippen LogP contribution is 2.08. The van der Waals surface area contributed by atoms with Crippen LogP contribution in [0.1, 0.15) is 13.8 Å². The standard InChI is InChI=1S/C10H23NO2S/c1-9(2)14-7-6-11(3)8-10(12-4)13-5/h9-10H,6-8H2,1-5H3. The number of likely N-dealkylation sites (N-methyl/N-ethyl adjacent to an activating group) is 1. The van der Waals surface area contributed by atoms with Crippen molar-refractivity contribution in [3.8, 4) is 0 Å². The van der Waals surface area contributed by atoms with Gasteiger partial charge in [0.15, 0.2) is 6.29 Å². The van der Waals surface area contributed by atoms with Gasteiger partial charge in [-0.25, -0.2) is 0 Å². The summed E-state index contributed by atoms with van der Waals surface area (Å²) >= 11 is 1.98. The van der Waals surface area contributed by atoms with Crippen LogP contribution in [0.2, 0.25) is 0 Å². The van der Waals surface area contributed by atoms with Crippen molar-refractivity contribution >= 4 is 11.8 Å². The summed E-state index contributed by atoms with van der Waals surface area (Å²) in [5.41, 5.74) is 0. The third-order valence-electron chi connectivity index (χ3n) is 1.91. The first-order valence-corrected chi connectivity index (χ1v) is 6.00. The molecule has 0 radical (unpaired) electrons. The molecule has 4 heteroatoms. The van der Waals surface area contributed by atoms with Gasteiger partial charge in [-0.15, -0.1) is 0 Å². The predicted octanol–water partition coefficient (Wildman–Crippen LogP) is 1.68. The molecule has 0 rings (SSSR count). The molecule has 0 amide bonds. The van der Waals surface area contributed by atoms with Crippen molar-refractivity contribution in [1.29, 1.82) is 0 Å². The van der Waals surface area contributed by atoms with Crippen molar-refractivity contribution in [2.24, 2.45) is 0 Å². The molecule has 0 bridgehead atoms. The van der Waals surface area contributed by atoms with E-state index in [0.717, 1.165) is 18.8 Å². The summed E-state index contributed by atoms with van der Waals surface area (Å²) in [6.45, 7) is 6.34. The van der Waals surface area contributed by atoms with Gasteiger partial charge < -0.3 is 14.4 Å². The zero-order valence-corrected chi connectivity index (χ0v) is 10.8. The van der Waals surface area contributed by atoms with Crippen LogP contribution in [-0.2, 0) is 9.47 Å². The van der Waals surface area contributed by atoms with Gasteiger partial charge in [0.05, 0.1) is 0 Å². The Morgan fingerprint density at radius 2 is 1.79 bits per heavy atom. The Hall–Kier alpha value is 0.230. The molecule has 0 N–H and O–H groups in total. The molecule has 0 unspecified atom stereocenters. The van der Waals surface area contributed by atoms with Gasteiger partial charge in [-0.05, 0) is 12.3 Å². The molecule has 0 heterocycles. The lowest BCUT2D eigenvalue weighted by Crippen LogP contribution is -2.33. The van der Waals surface area contributed by atoms with Crippen LogP contribution < -0.4 is 0 Å². The van der Waals surface area contributed by atoms with E-state index in [1.807, 2.05) is 11.8 Å². The highest BCUT2D eigenvalue weighted by atomic mass is 32.2. The molecule has 0 spiro atoms. The first kappa shape index (κ1) is 14.2. The molecule has 3 nitrogen and oxygen atoms in total. The van der Waals surface area contributed by atoms with E-state index >= 15 is 0 Å². The van der Waals surface area contributed by atoms with E-state index in [4.69, 9.17) is 9.47 Å². The number of methoxy groups -OCH3 is 2. The Balaban J connectivity index is 3.48. The molecule has 0 atom stereocenters. The van der Waals surface area contributed by atoms with Crippen LogP contribution >= 0.6 is 11.8 Å². The summed E-state index contributed by atoms with van der Waals surface area (Å²) in [4.78, 5) is 2.23. The van der Waals surface area contributed by atoms with Crippen LogP contribution in [0.15, 0.2) is 0 Å². The summed E-state index contributed by atoms with van der Waals surface area (Å²) in [7, 11) is 5.43. The lowest BCUT2D eigenvalue weighted by Gasteiger charge is -2.21. The molecule has 0 aromatic heterocycles. The summed E-state index contributed by atoms with van der Waals surface area (Å²) < 4.78 is 10.3. The Bertz CT molecular complexity index is 129. The van der Waals surface area contributed by atoms with Gasteiger partial charge in [0.25, 0.3) is 0 Å². The molecule has 0 aromatic carbocycles. The first-order valence-electron chi connectivity index (χ1n) is 4.95. The molecular formula is C10H23NO2S. The second kappa shape index (κ2) is 8.53. The SMILES string of the molecule is COC(CN(C)CCSC(C)C)OC. The molecule has 0 fully saturated rings. The summed E-state index contributed by atoms with van der Waals surface area (Å²) in [5, 5.41) is 0.712. The van der Waals surface area contributed by atoms with E-state index < -0.39 is 0 Å². The largest absolute Gasteiger partial charge is 0.355 e. The van der Waals surface area contributed by atoms with Gasteiger partial charge in [-0.1, -0.05) is 13.8 Å². The molecule has 0 aliphatic heterocycles. The first-order chi connectivity index (χ1) is 6.60. The summed E-state index contributed by atoms with van der Waals surface area (Å²) in [6.07, 6.45) is -0.107. The van der Waals surface area contributed by atoms with Gasteiger partial charge in [0.2, 0.25) is 0 Å². The zero-order valence-electron chi connectivity index (χ0n) is 9.95. The zero-order chi connectivity index (χ0) is 11.0. The van der Waals surface area contributed by atoms with E-state index in [0.29, 0.717) is 5.25 Å². The van der Waals surface area contributed by atoms with E-state index in [1.165, 1.54) is 0 Å². The smallest absolute Gasteiger partial charge is 0.169 e. The van der Waals surface area contributed by atoms with Crippen LogP contribution in [0.5, 0.6) is 0 Å². The van der Waals surface area contributed by atoms with Crippen molar-refractivity contribution in [1.82, 2.24) is 4.90 Å². The summed E-state index contributed by atoms with van der Waals surface area (Å²) in [5.74, 6) is 1.16. The minimum Gasteiger partial charge on any atom is -0.355 e. The van der Waals surface area contributed by atoms with Crippen LogP contribution in [-0.4, -0.2) is 56.5 Å². The molecule has 0 aromatic rings. The average Bonchev–Trinajstić information content (AvgIpc) is 2.13. The Morgan fingerprint density at radius 1 is 1.21 bits per heavy atom. The normalized spacial score (nSPS) is 12.0. The third-order valence-corrected chi connectivity index (χ3v) is 3.00. The lowest BCUT2D eigenvalue weighted by molar-refractivity contribution is -0.113. The van der Waals surface area contributed by atoms with Crippen molar-refractivity contribution in [3.63, 3.8) is 0 Å². The van der Waals surface area contributed by atoms with E-state index in [-0.39, 0.29) is 6.29 Å². The molecule has 0 aliphatic rings. The highest BCUT2D eigenvalue weighted by Gasteiger charge is 2.08. The summed E-state index contributed by atoms with van der Waals surface area (Å²) in [6, 6.07) is 0. The van der Waals surface area contributed by atoms with Gasteiger partial charge in [-0.2, -0.15) is 11.8 Å². The van der Waals surface area contributed by atoms with Crippen molar-refractivity contribution in [2.45, 2.75) is 25.4 Å². The second-order valence-electron chi connectivity index (χ2n) is 3.58. The van der Waals surface area contributed by atoms with Gasteiger partial charge in [-0.3, -0.25) is 0 Å². The van der Waals surface area contributed by atoms with E-state index in [1.54, 1.807) is 14.2 Å². The Labute approximate surface area is 92.1 Å². The van der Waals surface area contributed by atoms with Crippen LogP contribution in [0.3, 0.4) is 0 Å². The molecule has 0 saturated carbocycles. The maximum atomic E-state index is 5.13. The van der Waals surface area contributed by atoms with E-state index in [2.05, 4.69) is 25.8 Å². The molecule has 0 aliphatic carbocycles. The third kappa shape index (κ3) is 7.62. The number of thioether (sulfide) groups is 1. The minimum atomic E-state index is -0.107. The van der Waals surface area contributed by atoms with Crippen molar-refractivity contribution in [3.05, 3.63) is 0 Å². The number of nitrogens with zero attached hydrogens (tertiary/aromatic N) is 1. The van der Waals surface area contributed by atoms with Gasteiger partial charge in [0.1, 0.15) is 0 Å². The predicted molar refractivity (Wildman–Crippen MR) is 62.9 cm³/mol. The van der Waals surface area contributed by atoms with Gasteiger partial charge >= 0.3 is 0 Å². The van der Waals surface area contributed by atoms with Crippen LogP contribution in [0.4, 0.5) is 0 Å². The maximum Gasteiger partial charge on any atom is 0.169 e. The quantitative estimate of drug-likeness (QED) is 0.581. The molecule has 86 valence electrons. The monoisotopic (exact) mass is 221 g/mol. The van der Waals surface area contributed by atoms with Gasteiger partial charge in [0, 0.05) is 33.1 Å². The van der Waals surface area contributed by atoms with Crippen molar-refractivity contribution in [2.75, 3.05) is 40.1 Å². The maximum absolute atomic E-state index is 5.13.